The van der Waals surface area contributed by atoms with Gasteiger partial charge in [-0.15, -0.1) is 0 Å². The summed E-state index contributed by atoms with van der Waals surface area (Å²) < 4.78 is 19.3. The number of urea groups is 1. The molecule has 0 unspecified atom stereocenters. The number of methoxy groups -OCH3 is 1. The molecule has 1 N–H and O–H groups in total. The molecule has 1 aliphatic heterocycles. The number of ether oxygens (including phenoxy) is 1. The molecule has 1 saturated heterocycles. The van der Waals surface area contributed by atoms with Crippen LogP contribution in [0, 0.1) is 5.82 Å². The van der Waals surface area contributed by atoms with E-state index in [4.69, 9.17) is 0 Å². The van der Waals surface area contributed by atoms with Crippen molar-refractivity contribution in [3.63, 3.8) is 0 Å². The summed E-state index contributed by atoms with van der Waals surface area (Å²) in [6, 6.07) is 8.63. The number of imide groups is 1. The topological polar surface area (TPSA) is 80.6 Å². The van der Waals surface area contributed by atoms with Crippen molar-refractivity contribution in [2.24, 2.45) is 0 Å². The third-order valence-electron chi connectivity index (χ3n) is 3.65. The number of esters is 1. The van der Waals surface area contributed by atoms with Gasteiger partial charge in [0.1, 0.15) is 18.1 Å². The average molecular weight is 343 g/mol. The first-order valence-corrected chi connectivity index (χ1v) is 7.34. The van der Waals surface area contributed by atoms with Gasteiger partial charge in [-0.25, -0.2) is 14.1 Å². The Balaban J connectivity index is 1.88. The highest BCUT2D eigenvalue weighted by atomic mass is 19.1. The minimum Gasteiger partial charge on any atom is -0.468 e. The summed E-state index contributed by atoms with van der Waals surface area (Å²) in [7, 11) is 1.17. The molecule has 0 saturated carbocycles. The molecule has 8 heteroatoms. The van der Waals surface area contributed by atoms with Crippen LogP contribution in [0.1, 0.15) is 5.69 Å². The molecule has 128 valence electrons. The van der Waals surface area contributed by atoms with Gasteiger partial charge in [0, 0.05) is 17.6 Å². The zero-order valence-corrected chi connectivity index (χ0v) is 13.2. The number of carbonyl (C=O) groups is 3. The van der Waals surface area contributed by atoms with Crippen molar-refractivity contribution in [1.82, 2.24) is 14.8 Å². The van der Waals surface area contributed by atoms with Crippen LogP contribution in [0.5, 0.6) is 0 Å². The predicted molar refractivity (Wildman–Crippen MR) is 86.0 cm³/mol. The summed E-state index contributed by atoms with van der Waals surface area (Å²) in [5, 5.41) is 2.43. The maximum atomic E-state index is 13.1. The largest absolute Gasteiger partial charge is 0.468 e. The molecule has 3 rings (SSSR count). The van der Waals surface area contributed by atoms with E-state index in [0.717, 1.165) is 4.90 Å². The number of rotatable bonds is 4. The van der Waals surface area contributed by atoms with Crippen LogP contribution < -0.4 is 5.32 Å². The SMILES string of the molecule is COC(=O)CN1C(=O)N/C(=C/c2cccn2-c2ccc(F)cc2)C1=O. The van der Waals surface area contributed by atoms with Crippen LogP contribution in [0.2, 0.25) is 0 Å². The standard InChI is InChI=1S/C17H14FN3O4/c1-25-15(22)10-21-16(23)14(19-17(21)24)9-13-3-2-8-20(13)12-6-4-11(18)5-7-12/h2-9H,10H2,1H3,(H,19,24)/b14-9+. The number of nitrogens with zero attached hydrogens (tertiary/aromatic N) is 2. The highest BCUT2D eigenvalue weighted by molar-refractivity contribution is 6.15. The smallest absolute Gasteiger partial charge is 0.329 e. The van der Waals surface area contributed by atoms with Gasteiger partial charge < -0.3 is 14.6 Å². The molecule has 1 aromatic carbocycles. The summed E-state index contributed by atoms with van der Waals surface area (Å²) in [6.45, 7) is -0.461. The van der Waals surface area contributed by atoms with Crippen molar-refractivity contribution >= 4 is 24.0 Å². The normalized spacial score (nSPS) is 15.6. The molecule has 1 fully saturated rings. The van der Waals surface area contributed by atoms with E-state index in [-0.39, 0.29) is 11.5 Å². The maximum absolute atomic E-state index is 13.1. The number of hydrogen-bond acceptors (Lipinski definition) is 4. The van der Waals surface area contributed by atoms with Crippen LogP contribution in [0.15, 0.2) is 48.3 Å². The van der Waals surface area contributed by atoms with Crippen molar-refractivity contribution in [2.75, 3.05) is 13.7 Å². The van der Waals surface area contributed by atoms with Gasteiger partial charge in [0.05, 0.1) is 7.11 Å². The number of amides is 3. The molecule has 0 spiro atoms. The molecule has 2 heterocycles. The van der Waals surface area contributed by atoms with Crippen LogP contribution >= 0.6 is 0 Å². The molecule has 1 aliphatic rings. The summed E-state index contributed by atoms with van der Waals surface area (Å²) in [4.78, 5) is 36.2. The van der Waals surface area contributed by atoms with Crippen molar-refractivity contribution in [2.45, 2.75) is 0 Å². The molecular formula is C17H14FN3O4. The van der Waals surface area contributed by atoms with E-state index in [9.17, 15) is 18.8 Å². The first-order valence-electron chi connectivity index (χ1n) is 7.34. The second-order valence-corrected chi connectivity index (χ2v) is 5.24. The molecule has 25 heavy (non-hydrogen) atoms. The van der Waals surface area contributed by atoms with E-state index in [1.54, 1.807) is 35.0 Å². The second kappa shape index (κ2) is 6.60. The summed E-state index contributed by atoms with van der Waals surface area (Å²) in [5.74, 6) is -1.67. The predicted octanol–water partition coefficient (Wildman–Crippen LogP) is 1.68. The highest BCUT2D eigenvalue weighted by Crippen LogP contribution is 2.18. The third-order valence-corrected chi connectivity index (χ3v) is 3.65. The Morgan fingerprint density at radius 1 is 1.24 bits per heavy atom. The monoisotopic (exact) mass is 343 g/mol. The molecule has 0 bridgehead atoms. The zero-order chi connectivity index (χ0) is 18.0. The number of nitrogens with one attached hydrogen (secondary N) is 1. The van der Waals surface area contributed by atoms with E-state index in [2.05, 4.69) is 10.1 Å². The lowest BCUT2D eigenvalue weighted by molar-refractivity contribution is -0.143. The Morgan fingerprint density at radius 3 is 2.64 bits per heavy atom. The fourth-order valence-corrected chi connectivity index (χ4v) is 2.41. The Bertz CT molecular complexity index is 870. The van der Waals surface area contributed by atoms with Crippen LogP contribution in [-0.2, 0) is 14.3 Å². The molecule has 2 aromatic rings. The summed E-state index contributed by atoms with van der Waals surface area (Å²) >= 11 is 0. The molecule has 3 amide bonds. The lowest BCUT2D eigenvalue weighted by atomic mass is 10.2. The van der Waals surface area contributed by atoms with Crippen LogP contribution in [0.25, 0.3) is 11.8 Å². The van der Waals surface area contributed by atoms with Crippen molar-refractivity contribution in [3.8, 4) is 5.69 Å². The van der Waals surface area contributed by atoms with E-state index in [1.807, 2.05) is 0 Å². The van der Waals surface area contributed by atoms with E-state index in [0.29, 0.717) is 11.4 Å². The van der Waals surface area contributed by atoms with Gasteiger partial charge in [-0.2, -0.15) is 0 Å². The molecule has 0 atom stereocenters. The van der Waals surface area contributed by atoms with Gasteiger partial charge >= 0.3 is 12.0 Å². The zero-order valence-electron chi connectivity index (χ0n) is 13.2. The Labute approximate surface area is 142 Å². The lowest BCUT2D eigenvalue weighted by Crippen LogP contribution is -2.36. The molecular weight excluding hydrogens is 329 g/mol. The fourth-order valence-electron chi connectivity index (χ4n) is 2.41. The first-order chi connectivity index (χ1) is 12.0. The van der Waals surface area contributed by atoms with Gasteiger partial charge in [-0.1, -0.05) is 0 Å². The van der Waals surface area contributed by atoms with Gasteiger partial charge in [-0.05, 0) is 42.5 Å². The highest BCUT2D eigenvalue weighted by Gasteiger charge is 2.35. The Kier molecular flexibility index (Phi) is 4.34. The second-order valence-electron chi connectivity index (χ2n) is 5.24. The minimum atomic E-state index is -0.695. The third kappa shape index (κ3) is 3.27. The molecule has 0 radical (unpaired) electrons. The van der Waals surface area contributed by atoms with Crippen LogP contribution in [0.3, 0.4) is 0 Å². The number of halogens is 1. The fraction of sp³-hybridized carbons (Fsp3) is 0.118. The molecule has 7 nitrogen and oxygen atoms in total. The first kappa shape index (κ1) is 16.4. The van der Waals surface area contributed by atoms with Crippen LogP contribution in [0.4, 0.5) is 9.18 Å². The van der Waals surface area contributed by atoms with Crippen molar-refractivity contribution < 1.29 is 23.5 Å². The van der Waals surface area contributed by atoms with Gasteiger partial charge in [0.2, 0.25) is 0 Å². The minimum absolute atomic E-state index is 0.0379. The molecule has 1 aromatic heterocycles. The van der Waals surface area contributed by atoms with Crippen molar-refractivity contribution in [3.05, 3.63) is 59.8 Å². The lowest BCUT2D eigenvalue weighted by Gasteiger charge is -2.09. The molecule has 0 aliphatic carbocycles. The van der Waals surface area contributed by atoms with Gasteiger partial charge in [0.25, 0.3) is 5.91 Å². The van der Waals surface area contributed by atoms with E-state index >= 15 is 0 Å². The summed E-state index contributed by atoms with van der Waals surface area (Å²) in [5.41, 5.74) is 1.34. The number of benzene rings is 1. The average Bonchev–Trinajstić information content (AvgIpc) is 3.16. The van der Waals surface area contributed by atoms with Crippen LogP contribution in [-0.4, -0.2) is 41.0 Å². The quantitative estimate of drug-likeness (QED) is 0.520. The Morgan fingerprint density at radius 2 is 1.96 bits per heavy atom. The van der Waals surface area contributed by atoms with Gasteiger partial charge in [-0.3, -0.25) is 9.59 Å². The number of hydrogen-bond donors (Lipinski definition) is 1. The van der Waals surface area contributed by atoms with E-state index in [1.165, 1.54) is 25.3 Å². The number of carbonyl (C=O) groups excluding carboxylic acids is 3. The maximum Gasteiger partial charge on any atom is 0.329 e. The van der Waals surface area contributed by atoms with Crippen molar-refractivity contribution in [1.29, 1.82) is 0 Å². The Hall–Kier alpha value is -3.42. The van der Waals surface area contributed by atoms with Gasteiger partial charge in [0.15, 0.2) is 0 Å². The van der Waals surface area contributed by atoms with E-state index < -0.39 is 24.5 Å². The number of aromatic nitrogens is 1. The summed E-state index contributed by atoms with van der Waals surface area (Å²) in [6.07, 6.45) is 3.23.